The normalized spacial score (nSPS) is 9.86. The Balaban J connectivity index is 2.71. The molecule has 14 heavy (non-hydrogen) atoms. The Bertz CT molecular complexity index is 327. The molecule has 0 radical (unpaired) electrons. The summed E-state index contributed by atoms with van der Waals surface area (Å²) in [5.74, 6) is 3.52. The fraction of sp³-hybridized carbons (Fsp3) is 0.333. The molecule has 0 fully saturated rings. The molecule has 0 saturated heterocycles. The van der Waals surface area contributed by atoms with Crippen molar-refractivity contribution in [1.29, 1.82) is 0 Å². The minimum Gasteiger partial charge on any atom is -0.496 e. The second-order valence-electron chi connectivity index (χ2n) is 3.19. The van der Waals surface area contributed by atoms with Gasteiger partial charge in [-0.2, -0.15) is 0 Å². The summed E-state index contributed by atoms with van der Waals surface area (Å²) in [5, 5.41) is 0. The molecule has 2 heteroatoms. The van der Waals surface area contributed by atoms with Crippen molar-refractivity contribution in [2.45, 2.75) is 6.54 Å². The number of nitrogens with zero attached hydrogens (tertiary/aromatic N) is 1. The lowest BCUT2D eigenvalue weighted by molar-refractivity contribution is 0.351. The van der Waals surface area contributed by atoms with Gasteiger partial charge in [-0.15, -0.1) is 6.42 Å². The van der Waals surface area contributed by atoms with E-state index in [0.29, 0.717) is 6.54 Å². The van der Waals surface area contributed by atoms with Crippen LogP contribution in [0.1, 0.15) is 5.56 Å². The summed E-state index contributed by atoms with van der Waals surface area (Å²) in [5.41, 5.74) is 1.16. The van der Waals surface area contributed by atoms with Gasteiger partial charge in [0.25, 0.3) is 0 Å². The van der Waals surface area contributed by atoms with Gasteiger partial charge in [0.05, 0.1) is 13.7 Å². The first-order chi connectivity index (χ1) is 6.77. The Labute approximate surface area is 85.5 Å². The van der Waals surface area contributed by atoms with Crippen LogP contribution in [0.15, 0.2) is 24.3 Å². The largest absolute Gasteiger partial charge is 0.496 e. The molecule has 2 nitrogen and oxygen atoms in total. The van der Waals surface area contributed by atoms with E-state index in [1.54, 1.807) is 7.11 Å². The fourth-order valence-corrected chi connectivity index (χ4v) is 1.34. The van der Waals surface area contributed by atoms with E-state index in [0.717, 1.165) is 17.9 Å². The maximum atomic E-state index is 5.25. The van der Waals surface area contributed by atoms with Crippen LogP contribution in [-0.4, -0.2) is 25.6 Å². The summed E-state index contributed by atoms with van der Waals surface area (Å²) in [6.07, 6.45) is 5.23. The third-order valence-electron chi connectivity index (χ3n) is 1.99. The number of methoxy groups -OCH3 is 1. The van der Waals surface area contributed by atoms with Crippen LogP contribution in [0.2, 0.25) is 0 Å². The highest BCUT2D eigenvalue weighted by Gasteiger charge is 2.03. The zero-order chi connectivity index (χ0) is 10.4. The van der Waals surface area contributed by atoms with Crippen molar-refractivity contribution < 1.29 is 4.74 Å². The van der Waals surface area contributed by atoms with Crippen LogP contribution in [0, 0.1) is 12.3 Å². The van der Waals surface area contributed by atoms with Crippen LogP contribution in [-0.2, 0) is 6.54 Å². The molecule has 0 amide bonds. The van der Waals surface area contributed by atoms with E-state index in [4.69, 9.17) is 11.2 Å². The van der Waals surface area contributed by atoms with Crippen LogP contribution < -0.4 is 4.74 Å². The highest BCUT2D eigenvalue weighted by molar-refractivity contribution is 5.33. The summed E-state index contributed by atoms with van der Waals surface area (Å²) in [7, 11) is 3.67. The molecule has 0 heterocycles. The topological polar surface area (TPSA) is 12.5 Å². The van der Waals surface area contributed by atoms with Gasteiger partial charge in [-0.05, 0) is 13.1 Å². The standard InChI is InChI=1S/C12H15NO/c1-4-9-13(2)10-11-7-5-6-8-12(11)14-3/h1,5-8H,9-10H2,2-3H3. The molecule has 0 unspecified atom stereocenters. The molecular weight excluding hydrogens is 174 g/mol. The summed E-state index contributed by atoms with van der Waals surface area (Å²) >= 11 is 0. The number of para-hydroxylation sites is 1. The van der Waals surface area contributed by atoms with Gasteiger partial charge in [0.2, 0.25) is 0 Å². The first kappa shape index (κ1) is 10.6. The Morgan fingerprint density at radius 2 is 2.14 bits per heavy atom. The first-order valence-electron chi connectivity index (χ1n) is 4.52. The molecule has 0 spiro atoms. The van der Waals surface area contributed by atoms with Gasteiger partial charge in [0.1, 0.15) is 5.75 Å². The minimum atomic E-state index is 0.651. The van der Waals surface area contributed by atoms with Crippen LogP contribution in [0.25, 0.3) is 0 Å². The lowest BCUT2D eigenvalue weighted by atomic mass is 10.2. The monoisotopic (exact) mass is 189 g/mol. The summed E-state index contributed by atoms with van der Waals surface area (Å²) in [6, 6.07) is 7.97. The van der Waals surface area contributed by atoms with Crippen molar-refractivity contribution in [2.24, 2.45) is 0 Å². The second-order valence-corrected chi connectivity index (χ2v) is 3.19. The van der Waals surface area contributed by atoms with E-state index < -0.39 is 0 Å². The van der Waals surface area contributed by atoms with E-state index in [2.05, 4.69) is 10.8 Å². The number of hydrogen-bond acceptors (Lipinski definition) is 2. The van der Waals surface area contributed by atoms with Gasteiger partial charge >= 0.3 is 0 Å². The van der Waals surface area contributed by atoms with Gasteiger partial charge in [-0.3, -0.25) is 4.90 Å². The number of terminal acetylenes is 1. The third kappa shape index (κ3) is 2.79. The smallest absolute Gasteiger partial charge is 0.123 e. The quantitative estimate of drug-likeness (QED) is 0.669. The van der Waals surface area contributed by atoms with Gasteiger partial charge < -0.3 is 4.74 Å². The van der Waals surface area contributed by atoms with E-state index in [-0.39, 0.29) is 0 Å². The Morgan fingerprint density at radius 3 is 2.79 bits per heavy atom. The molecule has 0 bridgehead atoms. The van der Waals surface area contributed by atoms with Crippen molar-refractivity contribution in [3.63, 3.8) is 0 Å². The molecule has 0 atom stereocenters. The molecule has 0 aliphatic rings. The highest BCUT2D eigenvalue weighted by atomic mass is 16.5. The van der Waals surface area contributed by atoms with Crippen molar-refractivity contribution >= 4 is 0 Å². The zero-order valence-corrected chi connectivity index (χ0v) is 8.66. The number of ether oxygens (including phenoxy) is 1. The predicted molar refractivity (Wildman–Crippen MR) is 58.2 cm³/mol. The predicted octanol–water partition coefficient (Wildman–Crippen LogP) is 1.76. The van der Waals surface area contributed by atoms with Gasteiger partial charge in [0, 0.05) is 12.1 Å². The van der Waals surface area contributed by atoms with Crippen LogP contribution in [0.4, 0.5) is 0 Å². The molecule has 0 N–H and O–H groups in total. The molecular formula is C12H15NO. The van der Waals surface area contributed by atoms with Gasteiger partial charge in [-0.1, -0.05) is 24.1 Å². The van der Waals surface area contributed by atoms with Crippen LogP contribution >= 0.6 is 0 Å². The highest BCUT2D eigenvalue weighted by Crippen LogP contribution is 2.18. The Hall–Kier alpha value is -1.46. The molecule has 1 aromatic carbocycles. The maximum Gasteiger partial charge on any atom is 0.123 e. The third-order valence-corrected chi connectivity index (χ3v) is 1.99. The second kappa shape index (κ2) is 5.31. The Kier molecular flexibility index (Phi) is 4.03. The molecule has 0 aliphatic heterocycles. The van der Waals surface area contributed by atoms with Crippen molar-refractivity contribution in [3.8, 4) is 18.1 Å². The molecule has 74 valence electrons. The van der Waals surface area contributed by atoms with E-state index in [1.807, 2.05) is 31.3 Å². The van der Waals surface area contributed by atoms with Crippen molar-refractivity contribution in [2.75, 3.05) is 20.7 Å². The number of hydrogen-bond donors (Lipinski definition) is 0. The summed E-state index contributed by atoms with van der Waals surface area (Å²) < 4.78 is 5.25. The summed E-state index contributed by atoms with van der Waals surface area (Å²) in [4.78, 5) is 2.07. The van der Waals surface area contributed by atoms with E-state index in [1.165, 1.54) is 0 Å². The van der Waals surface area contributed by atoms with Gasteiger partial charge in [-0.25, -0.2) is 0 Å². The van der Waals surface area contributed by atoms with Crippen LogP contribution in [0.5, 0.6) is 5.75 Å². The molecule has 0 aromatic heterocycles. The first-order valence-corrected chi connectivity index (χ1v) is 4.52. The molecule has 1 rings (SSSR count). The zero-order valence-electron chi connectivity index (χ0n) is 8.66. The lowest BCUT2D eigenvalue weighted by Gasteiger charge is -2.15. The average molecular weight is 189 g/mol. The minimum absolute atomic E-state index is 0.651. The number of benzene rings is 1. The lowest BCUT2D eigenvalue weighted by Crippen LogP contribution is -2.18. The molecule has 1 aromatic rings. The fourth-order valence-electron chi connectivity index (χ4n) is 1.34. The summed E-state index contributed by atoms with van der Waals surface area (Å²) in [6.45, 7) is 1.46. The SMILES string of the molecule is C#CCN(C)Cc1ccccc1OC. The van der Waals surface area contributed by atoms with Crippen LogP contribution in [0.3, 0.4) is 0 Å². The average Bonchev–Trinajstić information content (AvgIpc) is 2.19. The molecule has 0 aliphatic carbocycles. The van der Waals surface area contributed by atoms with Crippen molar-refractivity contribution in [1.82, 2.24) is 4.90 Å². The Morgan fingerprint density at radius 1 is 1.43 bits per heavy atom. The van der Waals surface area contributed by atoms with E-state index >= 15 is 0 Å². The maximum absolute atomic E-state index is 5.25. The number of rotatable bonds is 4. The van der Waals surface area contributed by atoms with E-state index in [9.17, 15) is 0 Å². The van der Waals surface area contributed by atoms with Gasteiger partial charge in [0.15, 0.2) is 0 Å². The molecule has 0 saturated carbocycles. The van der Waals surface area contributed by atoms with Crippen molar-refractivity contribution in [3.05, 3.63) is 29.8 Å².